The highest BCUT2D eigenvalue weighted by molar-refractivity contribution is 5.93. The Morgan fingerprint density at radius 2 is 2.26 bits per heavy atom. The molecule has 4 rings (SSSR count). The number of carbonyl (C=O) groups excluding carboxylic acids is 1. The van der Waals surface area contributed by atoms with Gasteiger partial charge in [-0.25, -0.2) is 9.87 Å². The van der Waals surface area contributed by atoms with Gasteiger partial charge in [-0.1, -0.05) is 0 Å². The highest BCUT2D eigenvalue weighted by Crippen LogP contribution is 2.48. The van der Waals surface area contributed by atoms with Crippen molar-refractivity contribution in [3.05, 3.63) is 34.6 Å². The van der Waals surface area contributed by atoms with Crippen LogP contribution in [0.25, 0.3) is 0 Å². The third-order valence-corrected chi connectivity index (χ3v) is 5.87. The minimum atomic E-state index is -0.663. The quantitative estimate of drug-likeness (QED) is 0.570. The van der Waals surface area contributed by atoms with Crippen LogP contribution in [0, 0.1) is 11.2 Å². The van der Waals surface area contributed by atoms with Crippen LogP contribution in [0.1, 0.15) is 40.7 Å². The molecule has 23 heavy (non-hydrogen) atoms. The van der Waals surface area contributed by atoms with Crippen molar-refractivity contribution < 1.29 is 14.4 Å². The van der Waals surface area contributed by atoms with Crippen LogP contribution in [-0.2, 0) is 13.0 Å². The number of hydroxylamine groups is 1. The first kappa shape index (κ1) is 15.1. The Labute approximate surface area is 134 Å². The number of halogens is 1. The molecule has 0 aromatic heterocycles. The Morgan fingerprint density at radius 1 is 1.43 bits per heavy atom. The SMILES string of the molecule is O=C(NO)c1cc(F)c2c(c1)CCN(C1CC3(CCNC3)C1)C2. The summed E-state index contributed by atoms with van der Waals surface area (Å²) in [6, 6.07) is 3.48. The topological polar surface area (TPSA) is 64.6 Å². The van der Waals surface area contributed by atoms with Crippen LogP contribution in [0.2, 0.25) is 0 Å². The lowest BCUT2D eigenvalue weighted by Gasteiger charge is -2.51. The van der Waals surface area contributed by atoms with E-state index in [1.54, 1.807) is 11.5 Å². The Hall–Kier alpha value is -1.50. The number of benzene rings is 1. The highest BCUT2D eigenvalue weighted by atomic mass is 19.1. The van der Waals surface area contributed by atoms with Crippen LogP contribution in [0.3, 0.4) is 0 Å². The van der Waals surface area contributed by atoms with Gasteiger partial charge >= 0.3 is 0 Å². The van der Waals surface area contributed by atoms with Crippen molar-refractivity contribution in [2.45, 2.75) is 38.3 Å². The summed E-state index contributed by atoms with van der Waals surface area (Å²) >= 11 is 0. The molecular formula is C17H22FN3O2. The maximum atomic E-state index is 14.4. The molecular weight excluding hydrogens is 297 g/mol. The average Bonchev–Trinajstić information content (AvgIpc) is 3.02. The van der Waals surface area contributed by atoms with E-state index in [0.717, 1.165) is 31.6 Å². The number of rotatable bonds is 2. The number of carbonyl (C=O) groups is 1. The van der Waals surface area contributed by atoms with E-state index >= 15 is 0 Å². The molecule has 1 aromatic rings. The number of amides is 1. The van der Waals surface area contributed by atoms with Crippen LogP contribution >= 0.6 is 0 Å². The second-order valence-corrected chi connectivity index (χ2v) is 7.25. The van der Waals surface area contributed by atoms with Gasteiger partial charge in [-0.15, -0.1) is 0 Å². The normalized spacial score (nSPS) is 30.1. The van der Waals surface area contributed by atoms with Gasteiger partial charge in [0.1, 0.15) is 5.82 Å². The maximum absolute atomic E-state index is 14.4. The third-order valence-electron chi connectivity index (χ3n) is 5.87. The second kappa shape index (κ2) is 5.54. The highest BCUT2D eigenvalue weighted by Gasteiger charge is 2.48. The van der Waals surface area contributed by atoms with Crippen LogP contribution < -0.4 is 10.8 Å². The van der Waals surface area contributed by atoms with Gasteiger partial charge in [0, 0.05) is 36.8 Å². The summed E-state index contributed by atoms with van der Waals surface area (Å²) in [6.07, 6.45) is 4.44. The number of hydrogen-bond acceptors (Lipinski definition) is 4. The van der Waals surface area contributed by atoms with E-state index in [2.05, 4.69) is 10.2 Å². The van der Waals surface area contributed by atoms with Crippen molar-refractivity contribution in [2.75, 3.05) is 19.6 Å². The molecule has 0 atom stereocenters. The summed E-state index contributed by atoms with van der Waals surface area (Å²) in [5, 5.41) is 12.2. The lowest BCUT2D eigenvalue weighted by molar-refractivity contribution is 0.00582. The van der Waals surface area contributed by atoms with E-state index in [1.165, 1.54) is 25.3 Å². The zero-order valence-corrected chi connectivity index (χ0v) is 13.1. The predicted molar refractivity (Wildman–Crippen MR) is 82.7 cm³/mol. The van der Waals surface area contributed by atoms with E-state index in [-0.39, 0.29) is 11.4 Å². The number of nitrogens with zero attached hydrogens (tertiary/aromatic N) is 1. The van der Waals surface area contributed by atoms with Gasteiger partial charge in [-0.2, -0.15) is 0 Å². The molecule has 1 saturated carbocycles. The molecule has 124 valence electrons. The summed E-state index contributed by atoms with van der Waals surface area (Å²) in [4.78, 5) is 13.9. The Kier molecular flexibility index (Phi) is 3.63. The first-order chi connectivity index (χ1) is 11.1. The van der Waals surface area contributed by atoms with Crippen molar-refractivity contribution >= 4 is 5.91 Å². The van der Waals surface area contributed by atoms with Crippen molar-refractivity contribution in [1.82, 2.24) is 15.7 Å². The molecule has 5 nitrogen and oxygen atoms in total. The van der Waals surface area contributed by atoms with Gasteiger partial charge in [-0.05, 0) is 55.3 Å². The molecule has 1 aromatic carbocycles. The minimum absolute atomic E-state index is 0.178. The molecule has 1 aliphatic carbocycles. The molecule has 1 amide bonds. The molecule has 0 radical (unpaired) electrons. The first-order valence-electron chi connectivity index (χ1n) is 8.31. The Bertz CT molecular complexity index is 635. The summed E-state index contributed by atoms with van der Waals surface area (Å²) < 4.78 is 14.4. The molecule has 3 N–H and O–H groups in total. The van der Waals surface area contributed by atoms with Crippen molar-refractivity contribution in [2.24, 2.45) is 5.41 Å². The van der Waals surface area contributed by atoms with E-state index < -0.39 is 5.91 Å². The predicted octanol–water partition coefficient (Wildman–Crippen LogP) is 1.44. The maximum Gasteiger partial charge on any atom is 0.274 e. The molecule has 2 aliphatic heterocycles. The molecule has 2 heterocycles. The number of hydrogen-bond donors (Lipinski definition) is 3. The average molecular weight is 319 g/mol. The second-order valence-electron chi connectivity index (χ2n) is 7.25. The summed E-state index contributed by atoms with van der Waals surface area (Å²) in [5.74, 6) is -1.01. The summed E-state index contributed by atoms with van der Waals surface area (Å²) in [6.45, 7) is 3.78. The fourth-order valence-corrected chi connectivity index (χ4v) is 4.49. The molecule has 1 spiro atoms. The first-order valence-corrected chi connectivity index (χ1v) is 8.31. The van der Waals surface area contributed by atoms with Crippen molar-refractivity contribution in [3.8, 4) is 0 Å². The molecule has 6 heteroatoms. The van der Waals surface area contributed by atoms with E-state index in [0.29, 0.717) is 23.6 Å². The largest absolute Gasteiger partial charge is 0.316 e. The zero-order chi connectivity index (χ0) is 16.0. The van der Waals surface area contributed by atoms with Gasteiger partial charge < -0.3 is 5.32 Å². The number of nitrogens with one attached hydrogen (secondary N) is 2. The molecule has 1 saturated heterocycles. The third kappa shape index (κ3) is 2.55. The van der Waals surface area contributed by atoms with Gasteiger partial charge in [-0.3, -0.25) is 14.9 Å². The van der Waals surface area contributed by atoms with Gasteiger partial charge in [0.15, 0.2) is 0 Å². The molecule has 0 bridgehead atoms. The molecule has 3 aliphatic rings. The van der Waals surface area contributed by atoms with E-state index in [4.69, 9.17) is 5.21 Å². The lowest BCUT2D eigenvalue weighted by Crippen LogP contribution is -2.53. The number of fused-ring (bicyclic) bond motifs is 1. The van der Waals surface area contributed by atoms with Crippen LogP contribution in [0.15, 0.2) is 12.1 Å². The van der Waals surface area contributed by atoms with Gasteiger partial charge in [0.2, 0.25) is 0 Å². The van der Waals surface area contributed by atoms with E-state index in [9.17, 15) is 9.18 Å². The van der Waals surface area contributed by atoms with E-state index in [1.807, 2.05) is 0 Å². The summed E-state index contributed by atoms with van der Waals surface area (Å²) in [7, 11) is 0. The summed E-state index contributed by atoms with van der Waals surface area (Å²) in [5.41, 5.74) is 3.83. The minimum Gasteiger partial charge on any atom is -0.316 e. The van der Waals surface area contributed by atoms with Gasteiger partial charge in [0.05, 0.1) is 0 Å². The fourth-order valence-electron chi connectivity index (χ4n) is 4.49. The Balaban J connectivity index is 1.48. The zero-order valence-electron chi connectivity index (χ0n) is 13.1. The lowest BCUT2D eigenvalue weighted by atomic mass is 9.64. The van der Waals surface area contributed by atoms with Crippen LogP contribution in [0.4, 0.5) is 4.39 Å². The molecule has 0 unspecified atom stereocenters. The smallest absolute Gasteiger partial charge is 0.274 e. The standard InChI is InChI=1S/C17H22FN3O2/c18-15-6-12(16(22)20-23)5-11-1-4-21(9-14(11)15)13-7-17(8-13)2-3-19-10-17/h5-6,13,19,23H,1-4,7-10H2,(H,20,22). The van der Waals surface area contributed by atoms with Gasteiger partial charge in [0.25, 0.3) is 5.91 Å². The fraction of sp³-hybridized carbons (Fsp3) is 0.588. The molecule has 2 fully saturated rings. The van der Waals surface area contributed by atoms with Crippen LogP contribution in [0.5, 0.6) is 0 Å². The van der Waals surface area contributed by atoms with Crippen molar-refractivity contribution in [3.63, 3.8) is 0 Å². The van der Waals surface area contributed by atoms with Crippen molar-refractivity contribution in [1.29, 1.82) is 0 Å². The monoisotopic (exact) mass is 319 g/mol. The Morgan fingerprint density at radius 3 is 2.96 bits per heavy atom. The van der Waals surface area contributed by atoms with Crippen LogP contribution in [-0.4, -0.2) is 41.7 Å².